The molecule has 0 aliphatic rings. The van der Waals surface area contributed by atoms with Gasteiger partial charge in [0.1, 0.15) is 17.4 Å². The molecule has 0 fully saturated rings. The number of rotatable bonds is 7. The minimum Gasteiger partial charge on any atom is -0.497 e. The van der Waals surface area contributed by atoms with Crippen LogP contribution in [0.25, 0.3) is 0 Å². The highest BCUT2D eigenvalue weighted by atomic mass is 19.1. The quantitative estimate of drug-likeness (QED) is 0.597. The predicted octanol–water partition coefficient (Wildman–Crippen LogP) is 3.27. The van der Waals surface area contributed by atoms with Crippen molar-refractivity contribution >= 4 is 5.96 Å². The number of halogens is 2. The molecular formula is C19H23F2N3O. The van der Waals surface area contributed by atoms with E-state index >= 15 is 0 Å². The van der Waals surface area contributed by atoms with Crippen LogP contribution >= 0.6 is 0 Å². The van der Waals surface area contributed by atoms with Crippen molar-refractivity contribution in [2.75, 3.05) is 20.2 Å². The molecule has 0 aromatic heterocycles. The smallest absolute Gasteiger partial charge is 0.191 e. The lowest BCUT2D eigenvalue weighted by Crippen LogP contribution is -2.38. The van der Waals surface area contributed by atoms with Crippen molar-refractivity contribution in [3.63, 3.8) is 0 Å². The van der Waals surface area contributed by atoms with E-state index in [0.29, 0.717) is 25.6 Å². The molecule has 0 aliphatic heterocycles. The lowest BCUT2D eigenvalue weighted by molar-refractivity contribution is 0.414. The van der Waals surface area contributed by atoms with Crippen LogP contribution in [0, 0.1) is 11.6 Å². The molecule has 0 amide bonds. The molecule has 0 aliphatic carbocycles. The fourth-order valence-corrected chi connectivity index (χ4v) is 2.36. The second-order valence-corrected chi connectivity index (χ2v) is 5.42. The van der Waals surface area contributed by atoms with Gasteiger partial charge in [0.05, 0.1) is 13.7 Å². The Kier molecular flexibility index (Phi) is 7.19. The first kappa shape index (κ1) is 18.7. The Morgan fingerprint density at radius 1 is 1.08 bits per heavy atom. The van der Waals surface area contributed by atoms with E-state index < -0.39 is 11.6 Å². The highest BCUT2D eigenvalue weighted by Crippen LogP contribution is 2.13. The Labute approximate surface area is 146 Å². The summed E-state index contributed by atoms with van der Waals surface area (Å²) >= 11 is 0. The Bertz CT molecular complexity index is 699. The molecule has 0 heterocycles. The number of hydrogen-bond acceptors (Lipinski definition) is 2. The summed E-state index contributed by atoms with van der Waals surface area (Å²) in [6.07, 6.45) is 0.238. The van der Waals surface area contributed by atoms with E-state index in [-0.39, 0.29) is 12.0 Å². The van der Waals surface area contributed by atoms with E-state index in [1.54, 1.807) is 7.11 Å². The summed E-state index contributed by atoms with van der Waals surface area (Å²) in [7, 11) is 1.62. The zero-order valence-electron chi connectivity index (χ0n) is 14.5. The van der Waals surface area contributed by atoms with Crippen LogP contribution in [-0.2, 0) is 13.0 Å². The van der Waals surface area contributed by atoms with Gasteiger partial charge in [0.25, 0.3) is 0 Å². The maximum Gasteiger partial charge on any atom is 0.191 e. The molecule has 0 atom stereocenters. The van der Waals surface area contributed by atoms with Crippen LogP contribution in [-0.4, -0.2) is 26.2 Å². The molecule has 6 heteroatoms. The van der Waals surface area contributed by atoms with Gasteiger partial charge < -0.3 is 15.4 Å². The molecule has 4 nitrogen and oxygen atoms in total. The highest BCUT2D eigenvalue weighted by Gasteiger charge is 2.08. The van der Waals surface area contributed by atoms with Crippen molar-refractivity contribution in [2.24, 2.45) is 4.99 Å². The molecule has 2 rings (SSSR count). The van der Waals surface area contributed by atoms with Gasteiger partial charge in [-0.05, 0) is 43.2 Å². The second kappa shape index (κ2) is 9.61. The molecule has 134 valence electrons. The normalized spacial score (nSPS) is 11.3. The summed E-state index contributed by atoms with van der Waals surface area (Å²) in [6.45, 7) is 3.50. The van der Waals surface area contributed by atoms with Gasteiger partial charge in [-0.2, -0.15) is 0 Å². The first-order valence-corrected chi connectivity index (χ1v) is 8.22. The van der Waals surface area contributed by atoms with E-state index in [1.807, 2.05) is 31.2 Å². The van der Waals surface area contributed by atoms with E-state index in [4.69, 9.17) is 4.74 Å². The third kappa shape index (κ3) is 5.74. The van der Waals surface area contributed by atoms with Gasteiger partial charge in [-0.3, -0.25) is 0 Å². The van der Waals surface area contributed by atoms with Crippen LogP contribution in [0.2, 0.25) is 0 Å². The maximum absolute atomic E-state index is 13.6. The first-order valence-electron chi connectivity index (χ1n) is 8.22. The van der Waals surface area contributed by atoms with Crippen LogP contribution in [0.5, 0.6) is 5.75 Å². The van der Waals surface area contributed by atoms with Gasteiger partial charge in [-0.15, -0.1) is 0 Å². The number of aliphatic imine (C=N–C) groups is 1. The topological polar surface area (TPSA) is 45.7 Å². The molecule has 0 bridgehead atoms. The van der Waals surface area contributed by atoms with Crippen molar-refractivity contribution in [2.45, 2.75) is 19.9 Å². The molecule has 2 aromatic rings. The summed E-state index contributed by atoms with van der Waals surface area (Å²) in [5.41, 5.74) is 1.09. The predicted molar refractivity (Wildman–Crippen MR) is 95.9 cm³/mol. The number of ether oxygens (including phenoxy) is 1. The molecule has 0 spiro atoms. The molecule has 0 radical (unpaired) electrons. The van der Waals surface area contributed by atoms with Crippen molar-refractivity contribution in [1.82, 2.24) is 10.6 Å². The molecule has 0 saturated heterocycles. The number of guanidine groups is 1. The van der Waals surface area contributed by atoms with Crippen molar-refractivity contribution < 1.29 is 13.5 Å². The monoisotopic (exact) mass is 347 g/mol. The molecule has 0 unspecified atom stereocenters. The van der Waals surface area contributed by atoms with Gasteiger partial charge in [0.2, 0.25) is 0 Å². The van der Waals surface area contributed by atoms with Crippen LogP contribution in [0.15, 0.2) is 47.5 Å². The lowest BCUT2D eigenvalue weighted by atomic mass is 10.1. The second-order valence-electron chi connectivity index (χ2n) is 5.42. The number of nitrogens with one attached hydrogen (secondary N) is 2. The fraction of sp³-hybridized carbons (Fsp3) is 0.316. The van der Waals surface area contributed by atoms with Crippen LogP contribution in [0.1, 0.15) is 18.1 Å². The Morgan fingerprint density at radius 3 is 2.48 bits per heavy atom. The van der Waals surface area contributed by atoms with Gasteiger partial charge in [-0.25, -0.2) is 13.8 Å². The van der Waals surface area contributed by atoms with Gasteiger partial charge in [0, 0.05) is 18.7 Å². The number of methoxy groups -OCH3 is 1. The maximum atomic E-state index is 13.6. The number of nitrogens with zero attached hydrogens (tertiary/aromatic N) is 1. The summed E-state index contributed by atoms with van der Waals surface area (Å²) in [4.78, 5) is 4.49. The van der Waals surface area contributed by atoms with Crippen molar-refractivity contribution in [3.05, 3.63) is 65.2 Å². The molecule has 25 heavy (non-hydrogen) atoms. The Balaban J connectivity index is 1.95. The molecular weight excluding hydrogens is 324 g/mol. The molecule has 2 aromatic carbocycles. The number of hydrogen-bond donors (Lipinski definition) is 2. The standard InChI is InChI=1S/C19H23F2N3O/c1-3-22-19(24-13-14-6-4-7-15(12-14)25-2)23-11-10-16-17(20)8-5-9-18(16)21/h4-9,12H,3,10-11,13H2,1-2H3,(H2,22,23,24). The summed E-state index contributed by atoms with van der Waals surface area (Å²) in [5, 5.41) is 6.21. The van der Waals surface area contributed by atoms with E-state index in [0.717, 1.165) is 11.3 Å². The summed E-state index contributed by atoms with van der Waals surface area (Å²) in [5.74, 6) is 0.322. The van der Waals surface area contributed by atoms with Gasteiger partial charge in [-0.1, -0.05) is 18.2 Å². The van der Waals surface area contributed by atoms with E-state index in [1.165, 1.54) is 18.2 Å². The number of benzene rings is 2. The average Bonchev–Trinajstić information content (AvgIpc) is 2.62. The SMILES string of the molecule is CCNC(=NCc1cccc(OC)c1)NCCc1c(F)cccc1F. The van der Waals surface area contributed by atoms with Gasteiger partial charge >= 0.3 is 0 Å². The van der Waals surface area contributed by atoms with Crippen molar-refractivity contribution in [1.29, 1.82) is 0 Å². The van der Waals surface area contributed by atoms with Crippen LogP contribution in [0.3, 0.4) is 0 Å². The summed E-state index contributed by atoms with van der Waals surface area (Å²) < 4.78 is 32.5. The molecule has 2 N–H and O–H groups in total. The minimum atomic E-state index is -0.528. The van der Waals surface area contributed by atoms with Gasteiger partial charge in [0.15, 0.2) is 5.96 Å². The Morgan fingerprint density at radius 2 is 1.80 bits per heavy atom. The largest absolute Gasteiger partial charge is 0.497 e. The summed E-state index contributed by atoms with van der Waals surface area (Å²) in [6, 6.07) is 11.6. The van der Waals surface area contributed by atoms with Crippen molar-refractivity contribution in [3.8, 4) is 5.75 Å². The fourth-order valence-electron chi connectivity index (χ4n) is 2.36. The minimum absolute atomic E-state index is 0.0821. The van der Waals surface area contributed by atoms with Crippen LogP contribution < -0.4 is 15.4 Å². The third-order valence-corrected chi connectivity index (χ3v) is 3.63. The zero-order chi connectivity index (χ0) is 18.1. The zero-order valence-corrected chi connectivity index (χ0v) is 14.5. The first-order chi connectivity index (χ1) is 12.1. The van der Waals surface area contributed by atoms with Crippen LogP contribution in [0.4, 0.5) is 8.78 Å². The lowest BCUT2D eigenvalue weighted by Gasteiger charge is -2.12. The van der Waals surface area contributed by atoms with E-state index in [2.05, 4.69) is 15.6 Å². The molecule has 0 saturated carbocycles. The highest BCUT2D eigenvalue weighted by molar-refractivity contribution is 5.79. The third-order valence-electron chi connectivity index (χ3n) is 3.63. The van der Waals surface area contributed by atoms with E-state index in [9.17, 15) is 8.78 Å². The average molecular weight is 347 g/mol. The Hall–Kier alpha value is -2.63.